The summed E-state index contributed by atoms with van der Waals surface area (Å²) in [4.78, 5) is 9.65. The van der Waals surface area contributed by atoms with Crippen LogP contribution in [0.15, 0.2) is 34.2 Å². The maximum absolute atomic E-state index is 4.90. The number of aromatic nitrogens is 2. The molecule has 2 aromatic heterocycles. The van der Waals surface area contributed by atoms with Crippen molar-refractivity contribution in [2.24, 2.45) is 12.0 Å². The number of hydrogen-bond acceptors (Lipinski definition) is 5. The van der Waals surface area contributed by atoms with Crippen LogP contribution in [-0.2, 0) is 13.6 Å². The topological polar surface area (TPSA) is 60.7 Å². The van der Waals surface area contributed by atoms with Gasteiger partial charge < -0.3 is 15.5 Å². The largest absolute Gasteiger partial charge is 0.357 e. The maximum atomic E-state index is 4.90. The Morgan fingerprint density at radius 3 is 2.76 bits per heavy atom. The Balaban J connectivity index is 1.53. The maximum Gasteiger partial charge on any atom is 0.191 e. The molecule has 2 aromatic rings. The van der Waals surface area contributed by atoms with Crippen molar-refractivity contribution in [3.8, 4) is 0 Å². The van der Waals surface area contributed by atoms with Crippen molar-refractivity contribution in [3.05, 3.63) is 40.3 Å². The minimum Gasteiger partial charge on any atom is -0.357 e. The lowest BCUT2D eigenvalue weighted by Crippen LogP contribution is -2.48. The number of aryl methyl sites for hydroxylation is 1. The molecule has 3 heterocycles. The van der Waals surface area contributed by atoms with Gasteiger partial charge in [-0.05, 0) is 56.3 Å². The van der Waals surface area contributed by atoms with Gasteiger partial charge >= 0.3 is 0 Å². The second-order valence-corrected chi connectivity index (χ2v) is 8.75. The van der Waals surface area contributed by atoms with E-state index >= 15 is 0 Å². The van der Waals surface area contributed by atoms with E-state index in [2.05, 4.69) is 69.6 Å². The number of thiophene rings is 1. The van der Waals surface area contributed by atoms with Crippen LogP contribution >= 0.6 is 11.3 Å². The highest BCUT2D eigenvalue weighted by molar-refractivity contribution is 7.07. The first-order valence-electron chi connectivity index (χ1n) is 10.5. The second-order valence-electron chi connectivity index (χ2n) is 7.97. The zero-order chi connectivity index (χ0) is 20.6. The van der Waals surface area contributed by atoms with Gasteiger partial charge in [-0.3, -0.25) is 14.6 Å². The van der Waals surface area contributed by atoms with E-state index in [0.29, 0.717) is 12.6 Å². The minimum absolute atomic E-state index is 0.214. The molecule has 0 aromatic carbocycles. The lowest BCUT2D eigenvalue weighted by atomic mass is 10.0. The Morgan fingerprint density at radius 1 is 1.38 bits per heavy atom. The van der Waals surface area contributed by atoms with Crippen LogP contribution in [0.3, 0.4) is 0 Å². The molecule has 1 aliphatic heterocycles. The highest BCUT2D eigenvalue weighted by Gasteiger charge is 2.21. The number of likely N-dealkylation sites (tertiary alicyclic amines) is 1. The molecular formula is C21H35N7S. The van der Waals surface area contributed by atoms with E-state index in [4.69, 9.17) is 4.99 Å². The molecule has 0 saturated carbocycles. The summed E-state index contributed by atoms with van der Waals surface area (Å²) in [6.07, 6.45) is 6.30. The molecule has 0 bridgehead atoms. The highest BCUT2D eigenvalue weighted by Crippen LogP contribution is 2.18. The summed E-state index contributed by atoms with van der Waals surface area (Å²) < 4.78 is 1.85. The molecule has 1 saturated heterocycles. The Bertz CT molecular complexity index is 745. The highest BCUT2D eigenvalue weighted by atomic mass is 32.1. The molecule has 1 atom stereocenters. The standard InChI is InChI=1S/C21H35N7S/c1-5-22-21(23-13-20(26(2)3)18-12-24-27(4)15-18)25-19-6-9-28(10-7-19)14-17-8-11-29-16-17/h8,11-12,15-16,19-20H,5-7,9-10,13-14H2,1-4H3,(H2,22,23,25). The number of guanidine groups is 1. The zero-order valence-corrected chi connectivity index (χ0v) is 19.0. The Kier molecular flexibility index (Phi) is 8.09. The van der Waals surface area contributed by atoms with Gasteiger partial charge in [0, 0.05) is 51.0 Å². The average molecular weight is 418 g/mol. The molecular weight excluding hydrogens is 382 g/mol. The lowest BCUT2D eigenvalue weighted by Gasteiger charge is -2.33. The summed E-state index contributed by atoms with van der Waals surface area (Å²) in [7, 11) is 6.14. The second kappa shape index (κ2) is 10.8. The van der Waals surface area contributed by atoms with E-state index in [9.17, 15) is 0 Å². The van der Waals surface area contributed by atoms with Gasteiger partial charge in [0.05, 0.1) is 18.8 Å². The summed E-state index contributed by atoms with van der Waals surface area (Å²) in [5, 5.41) is 15.8. The van der Waals surface area contributed by atoms with E-state index in [0.717, 1.165) is 45.0 Å². The normalized spacial score (nSPS) is 17.6. The molecule has 8 heteroatoms. The van der Waals surface area contributed by atoms with E-state index < -0.39 is 0 Å². The van der Waals surface area contributed by atoms with Crippen molar-refractivity contribution < 1.29 is 0 Å². The van der Waals surface area contributed by atoms with E-state index in [1.807, 2.05) is 17.9 Å². The van der Waals surface area contributed by atoms with Gasteiger partial charge in [-0.2, -0.15) is 16.4 Å². The molecule has 1 unspecified atom stereocenters. The van der Waals surface area contributed by atoms with E-state index in [1.54, 1.807) is 11.3 Å². The number of hydrogen-bond donors (Lipinski definition) is 2. The van der Waals surface area contributed by atoms with Crippen LogP contribution in [0.2, 0.25) is 0 Å². The third kappa shape index (κ3) is 6.55. The van der Waals surface area contributed by atoms with Crippen LogP contribution in [0.4, 0.5) is 0 Å². The van der Waals surface area contributed by atoms with Gasteiger partial charge in [-0.15, -0.1) is 0 Å². The van der Waals surface area contributed by atoms with Gasteiger partial charge in [0.15, 0.2) is 5.96 Å². The molecule has 3 rings (SSSR count). The molecule has 0 aliphatic carbocycles. The predicted molar refractivity (Wildman–Crippen MR) is 121 cm³/mol. The summed E-state index contributed by atoms with van der Waals surface area (Å²) >= 11 is 1.78. The third-order valence-corrected chi connectivity index (χ3v) is 6.15. The number of aliphatic imine (C=N–C) groups is 1. The summed E-state index contributed by atoms with van der Waals surface area (Å²) in [5.74, 6) is 0.916. The van der Waals surface area contributed by atoms with E-state index in [-0.39, 0.29) is 6.04 Å². The van der Waals surface area contributed by atoms with Crippen LogP contribution in [0, 0.1) is 0 Å². The molecule has 1 fully saturated rings. The number of likely N-dealkylation sites (N-methyl/N-ethyl adjacent to an activating group) is 1. The van der Waals surface area contributed by atoms with Crippen LogP contribution in [0.25, 0.3) is 0 Å². The molecule has 7 nitrogen and oxygen atoms in total. The molecule has 0 radical (unpaired) electrons. The van der Waals surface area contributed by atoms with Gasteiger partial charge in [0.1, 0.15) is 0 Å². The van der Waals surface area contributed by atoms with Crippen LogP contribution in [0.5, 0.6) is 0 Å². The lowest BCUT2D eigenvalue weighted by molar-refractivity contribution is 0.198. The van der Waals surface area contributed by atoms with Crippen molar-refractivity contribution in [1.29, 1.82) is 0 Å². The van der Waals surface area contributed by atoms with Crippen LogP contribution in [-0.4, -0.2) is 71.9 Å². The van der Waals surface area contributed by atoms with Crippen molar-refractivity contribution in [1.82, 2.24) is 30.2 Å². The van der Waals surface area contributed by atoms with E-state index in [1.165, 1.54) is 11.1 Å². The number of piperidine rings is 1. The fourth-order valence-electron chi connectivity index (χ4n) is 3.75. The SMILES string of the molecule is CCNC(=NCC(c1cnn(C)c1)N(C)C)NC1CCN(Cc2ccsc2)CC1. The predicted octanol–water partition coefficient (Wildman–Crippen LogP) is 2.30. The quantitative estimate of drug-likeness (QED) is 0.510. The molecule has 160 valence electrons. The number of nitrogens with zero attached hydrogens (tertiary/aromatic N) is 5. The monoisotopic (exact) mass is 417 g/mol. The van der Waals surface area contributed by atoms with Gasteiger partial charge in [-0.25, -0.2) is 0 Å². The smallest absolute Gasteiger partial charge is 0.191 e. The first kappa shape index (κ1) is 21.8. The Hall–Kier alpha value is -1.90. The summed E-state index contributed by atoms with van der Waals surface area (Å²) in [6, 6.07) is 2.92. The molecule has 1 aliphatic rings. The molecule has 29 heavy (non-hydrogen) atoms. The summed E-state index contributed by atoms with van der Waals surface area (Å²) in [6.45, 7) is 7.00. The Morgan fingerprint density at radius 2 is 2.17 bits per heavy atom. The Labute approximate surface area is 178 Å². The fourth-order valence-corrected chi connectivity index (χ4v) is 4.41. The number of nitrogens with one attached hydrogen (secondary N) is 2. The molecule has 2 N–H and O–H groups in total. The average Bonchev–Trinajstić information content (AvgIpc) is 3.35. The number of rotatable bonds is 8. The van der Waals surface area contributed by atoms with Gasteiger partial charge in [0.25, 0.3) is 0 Å². The fraction of sp³-hybridized carbons (Fsp3) is 0.619. The first-order valence-corrected chi connectivity index (χ1v) is 11.4. The molecule has 0 spiro atoms. The van der Waals surface area contributed by atoms with Crippen LogP contribution < -0.4 is 10.6 Å². The zero-order valence-electron chi connectivity index (χ0n) is 18.1. The minimum atomic E-state index is 0.214. The van der Waals surface area contributed by atoms with Crippen molar-refractivity contribution in [2.75, 3.05) is 40.3 Å². The first-order chi connectivity index (χ1) is 14.0. The van der Waals surface area contributed by atoms with Crippen molar-refractivity contribution in [2.45, 2.75) is 38.4 Å². The summed E-state index contributed by atoms with van der Waals surface area (Å²) in [5.41, 5.74) is 2.63. The van der Waals surface area contributed by atoms with Gasteiger partial charge in [0.2, 0.25) is 0 Å². The van der Waals surface area contributed by atoms with Crippen LogP contribution in [0.1, 0.15) is 36.9 Å². The third-order valence-electron chi connectivity index (χ3n) is 5.41. The van der Waals surface area contributed by atoms with Crippen molar-refractivity contribution in [3.63, 3.8) is 0 Å². The molecule has 0 amide bonds. The van der Waals surface area contributed by atoms with Crippen molar-refractivity contribution >= 4 is 17.3 Å². The van der Waals surface area contributed by atoms with Gasteiger partial charge in [-0.1, -0.05) is 0 Å².